The van der Waals surface area contributed by atoms with Gasteiger partial charge in [0.1, 0.15) is 0 Å². The lowest BCUT2D eigenvalue weighted by Crippen LogP contribution is -2.35. The predicted molar refractivity (Wildman–Crippen MR) is 91.6 cm³/mol. The molecule has 0 aromatic heterocycles. The van der Waals surface area contributed by atoms with E-state index < -0.39 is 0 Å². The Morgan fingerprint density at radius 3 is 3.00 bits per heavy atom. The van der Waals surface area contributed by atoms with Crippen molar-refractivity contribution < 1.29 is 9.53 Å². The van der Waals surface area contributed by atoms with Crippen LogP contribution in [-0.2, 0) is 17.7 Å². The van der Waals surface area contributed by atoms with Gasteiger partial charge in [0.25, 0.3) is 0 Å². The molecule has 2 aromatic rings. The predicted octanol–water partition coefficient (Wildman–Crippen LogP) is 4.03. The number of fused-ring (bicyclic) bond motifs is 4. The molecule has 4 heteroatoms. The average Bonchev–Trinajstić information content (AvgIpc) is 2.59. The fourth-order valence-corrected chi connectivity index (χ4v) is 4.76. The van der Waals surface area contributed by atoms with Crippen LogP contribution in [0.3, 0.4) is 0 Å². The fraction of sp³-hybridized carbons (Fsp3) is 0.316. The minimum Gasteiger partial charge on any atom is -0.462 e. The highest BCUT2D eigenvalue weighted by molar-refractivity contribution is 7.99. The summed E-state index contributed by atoms with van der Waals surface area (Å²) in [7, 11) is 0. The van der Waals surface area contributed by atoms with Crippen LogP contribution in [-0.4, -0.2) is 24.0 Å². The van der Waals surface area contributed by atoms with Gasteiger partial charge in [-0.3, -0.25) is 4.90 Å². The summed E-state index contributed by atoms with van der Waals surface area (Å²) in [6.45, 7) is 4.28. The van der Waals surface area contributed by atoms with Gasteiger partial charge in [0.2, 0.25) is 0 Å². The molecule has 0 saturated heterocycles. The van der Waals surface area contributed by atoms with E-state index in [0.717, 1.165) is 19.5 Å². The summed E-state index contributed by atoms with van der Waals surface area (Å²) in [6, 6.07) is 14.7. The topological polar surface area (TPSA) is 29.5 Å². The van der Waals surface area contributed by atoms with Crippen molar-refractivity contribution in [1.82, 2.24) is 4.90 Å². The largest absolute Gasteiger partial charge is 0.462 e. The number of hydrogen-bond donors (Lipinski definition) is 0. The number of carbonyl (C=O) groups excluding carboxylic acids is 1. The highest BCUT2D eigenvalue weighted by Gasteiger charge is 2.32. The van der Waals surface area contributed by atoms with Gasteiger partial charge in [-0.2, -0.15) is 0 Å². The lowest BCUT2D eigenvalue weighted by atomic mass is 9.98. The summed E-state index contributed by atoms with van der Waals surface area (Å²) >= 11 is 1.85. The molecule has 23 heavy (non-hydrogen) atoms. The monoisotopic (exact) mass is 325 g/mol. The number of benzene rings is 2. The van der Waals surface area contributed by atoms with Gasteiger partial charge < -0.3 is 4.74 Å². The normalized spacial score (nSPS) is 19.4. The molecule has 2 aliphatic rings. The first-order chi connectivity index (χ1) is 11.3. The summed E-state index contributed by atoms with van der Waals surface area (Å²) in [4.78, 5) is 15.7. The summed E-state index contributed by atoms with van der Waals surface area (Å²) in [5, 5.41) is 0.352. The van der Waals surface area contributed by atoms with Gasteiger partial charge in [0.05, 0.1) is 17.5 Å². The molecule has 0 amide bonds. The van der Waals surface area contributed by atoms with Crippen molar-refractivity contribution in [3.8, 4) is 0 Å². The van der Waals surface area contributed by atoms with E-state index in [1.807, 2.05) is 30.8 Å². The van der Waals surface area contributed by atoms with Crippen molar-refractivity contribution in [2.75, 3.05) is 13.2 Å². The van der Waals surface area contributed by atoms with Crippen molar-refractivity contribution in [1.29, 1.82) is 0 Å². The first kappa shape index (κ1) is 14.8. The zero-order valence-electron chi connectivity index (χ0n) is 13.1. The molecule has 2 aliphatic heterocycles. The van der Waals surface area contributed by atoms with Gasteiger partial charge in [0, 0.05) is 18.0 Å². The van der Waals surface area contributed by atoms with Crippen LogP contribution in [0.5, 0.6) is 0 Å². The van der Waals surface area contributed by atoms with Gasteiger partial charge in [-0.1, -0.05) is 30.3 Å². The van der Waals surface area contributed by atoms with Crippen LogP contribution in [0.1, 0.15) is 39.3 Å². The maximum Gasteiger partial charge on any atom is 0.338 e. The molecule has 0 saturated carbocycles. The van der Waals surface area contributed by atoms with Gasteiger partial charge in [-0.05, 0) is 42.2 Å². The third-order valence-corrected chi connectivity index (χ3v) is 5.92. The first-order valence-electron chi connectivity index (χ1n) is 8.05. The second-order valence-electron chi connectivity index (χ2n) is 5.93. The molecule has 2 aromatic carbocycles. The molecule has 3 nitrogen and oxygen atoms in total. The molecule has 1 unspecified atom stereocenters. The van der Waals surface area contributed by atoms with Crippen molar-refractivity contribution in [2.45, 2.75) is 30.2 Å². The first-order valence-corrected chi connectivity index (χ1v) is 8.93. The highest BCUT2D eigenvalue weighted by atomic mass is 32.2. The molecule has 2 heterocycles. The standard InChI is InChI=1S/C19H19NO2S/c1-2-22-19(21)14-7-8-15-12-20-10-9-13-5-3-4-6-16(13)18(20)23-17(15)11-14/h3-8,11,18H,2,9-10,12H2,1H3. The molecular formula is C19H19NO2S. The summed E-state index contributed by atoms with van der Waals surface area (Å²) in [5.74, 6) is -0.234. The Morgan fingerprint density at radius 2 is 2.13 bits per heavy atom. The second-order valence-corrected chi connectivity index (χ2v) is 7.05. The number of nitrogens with zero attached hydrogens (tertiary/aromatic N) is 1. The summed E-state index contributed by atoms with van der Waals surface area (Å²) in [6.07, 6.45) is 1.11. The van der Waals surface area contributed by atoms with E-state index >= 15 is 0 Å². The molecule has 4 rings (SSSR count). The van der Waals surface area contributed by atoms with E-state index in [4.69, 9.17) is 4.74 Å². The van der Waals surface area contributed by atoms with Gasteiger partial charge in [-0.25, -0.2) is 4.79 Å². The Kier molecular flexibility index (Phi) is 3.87. The molecule has 0 fully saturated rings. The minimum atomic E-state index is -0.234. The quantitative estimate of drug-likeness (QED) is 0.780. The van der Waals surface area contributed by atoms with Crippen LogP contribution in [0.2, 0.25) is 0 Å². The van der Waals surface area contributed by atoms with Crippen LogP contribution in [0.4, 0.5) is 0 Å². The molecule has 0 bridgehead atoms. The number of carbonyl (C=O) groups is 1. The number of esters is 1. The van der Waals surface area contributed by atoms with Gasteiger partial charge in [0.15, 0.2) is 0 Å². The zero-order chi connectivity index (χ0) is 15.8. The maximum atomic E-state index is 12.0. The third kappa shape index (κ3) is 2.66. The summed E-state index contributed by atoms with van der Waals surface area (Å²) < 4.78 is 5.12. The van der Waals surface area contributed by atoms with Crippen LogP contribution >= 0.6 is 11.8 Å². The number of thioether (sulfide) groups is 1. The van der Waals surface area contributed by atoms with E-state index in [-0.39, 0.29) is 5.97 Å². The molecule has 0 spiro atoms. The van der Waals surface area contributed by atoms with Gasteiger partial charge in [-0.15, -0.1) is 11.8 Å². The molecule has 1 atom stereocenters. The number of ether oxygens (including phenoxy) is 1. The third-order valence-electron chi connectivity index (χ3n) is 4.51. The van der Waals surface area contributed by atoms with Crippen molar-refractivity contribution in [3.05, 3.63) is 64.7 Å². The highest BCUT2D eigenvalue weighted by Crippen LogP contribution is 2.47. The van der Waals surface area contributed by atoms with Crippen molar-refractivity contribution in [3.63, 3.8) is 0 Å². The van der Waals surface area contributed by atoms with E-state index in [1.165, 1.54) is 21.6 Å². The Labute approximate surface area is 140 Å². The SMILES string of the molecule is CCOC(=O)c1ccc2c(c1)SC1c3ccccc3CCN1C2. The number of rotatable bonds is 2. The molecule has 118 valence electrons. The average molecular weight is 325 g/mol. The smallest absolute Gasteiger partial charge is 0.338 e. The molecule has 0 radical (unpaired) electrons. The Bertz CT molecular complexity index is 759. The van der Waals surface area contributed by atoms with Crippen molar-refractivity contribution in [2.24, 2.45) is 0 Å². The molecule has 0 N–H and O–H groups in total. The van der Waals surface area contributed by atoms with Crippen LogP contribution in [0, 0.1) is 0 Å². The van der Waals surface area contributed by atoms with Crippen molar-refractivity contribution >= 4 is 17.7 Å². The lowest BCUT2D eigenvalue weighted by molar-refractivity contribution is 0.0526. The Balaban J connectivity index is 1.68. The lowest BCUT2D eigenvalue weighted by Gasteiger charge is -2.40. The van der Waals surface area contributed by atoms with Crippen LogP contribution in [0.25, 0.3) is 0 Å². The van der Waals surface area contributed by atoms with E-state index in [9.17, 15) is 4.79 Å². The minimum absolute atomic E-state index is 0.234. The van der Waals surface area contributed by atoms with Crippen LogP contribution < -0.4 is 0 Å². The molecular weight excluding hydrogens is 306 g/mol. The zero-order valence-corrected chi connectivity index (χ0v) is 13.9. The Morgan fingerprint density at radius 1 is 1.26 bits per heavy atom. The van der Waals surface area contributed by atoms with Gasteiger partial charge >= 0.3 is 5.97 Å². The maximum absolute atomic E-state index is 12.0. The number of hydrogen-bond acceptors (Lipinski definition) is 4. The summed E-state index contributed by atoms with van der Waals surface area (Å²) in [5.41, 5.74) is 4.82. The Hall–Kier alpha value is -1.78. The van der Waals surface area contributed by atoms with Crippen LogP contribution in [0.15, 0.2) is 47.4 Å². The van der Waals surface area contributed by atoms with E-state index in [1.54, 1.807) is 0 Å². The second kappa shape index (κ2) is 6.02. The molecule has 0 aliphatic carbocycles. The van der Waals surface area contributed by atoms with E-state index in [2.05, 4.69) is 35.2 Å². The van der Waals surface area contributed by atoms with E-state index in [0.29, 0.717) is 17.5 Å². The fourth-order valence-electron chi connectivity index (χ4n) is 3.36.